The number of thiol groups is 1. The minimum atomic E-state index is -1.19. The SMILES string of the molecule is C[C@H](NC(=O)[C@H](CCCNC(=N)N)NC(=O)[C@@H](N)CS)C(=O)O. The molecule has 0 saturated heterocycles. The lowest BCUT2D eigenvalue weighted by Gasteiger charge is -2.21. The van der Waals surface area contributed by atoms with Crippen molar-refractivity contribution in [2.24, 2.45) is 11.5 Å². The molecule has 2 amide bonds. The first-order valence-corrected chi connectivity index (χ1v) is 7.60. The van der Waals surface area contributed by atoms with Gasteiger partial charge >= 0.3 is 5.97 Å². The average molecular weight is 348 g/mol. The predicted octanol–water partition coefficient (Wildman–Crippen LogP) is -2.42. The molecule has 3 atom stereocenters. The largest absolute Gasteiger partial charge is 0.480 e. The summed E-state index contributed by atoms with van der Waals surface area (Å²) >= 11 is 3.91. The maximum atomic E-state index is 12.1. The lowest BCUT2D eigenvalue weighted by atomic mass is 10.1. The first-order valence-electron chi connectivity index (χ1n) is 6.96. The number of carboxylic acids is 1. The van der Waals surface area contributed by atoms with Crippen molar-refractivity contribution < 1.29 is 19.5 Å². The second kappa shape index (κ2) is 10.7. The van der Waals surface area contributed by atoms with E-state index in [4.69, 9.17) is 22.0 Å². The minimum Gasteiger partial charge on any atom is -0.480 e. The number of carbonyl (C=O) groups is 3. The first kappa shape index (κ1) is 21.0. The topological polar surface area (TPSA) is 183 Å². The Balaban J connectivity index is 4.70. The number of carbonyl (C=O) groups excluding carboxylic acids is 2. The number of nitrogens with two attached hydrogens (primary N) is 2. The Morgan fingerprint density at radius 3 is 2.35 bits per heavy atom. The van der Waals surface area contributed by atoms with Gasteiger partial charge in [-0.3, -0.25) is 19.8 Å². The van der Waals surface area contributed by atoms with Crippen LogP contribution in [0, 0.1) is 5.41 Å². The summed E-state index contributed by atoms with van der Waals surface area (Å²) in [5, 5.41) is 23.2. The van der Waals surface area contributed by atoms with Crippen LogP contribution in [0.3, 0.4) is 0 Å². The van der Waals surface area contributed by atoms with Crippen LogP contribution in [0.4, 0.5) is 0 Å². The van der Waals surface area contributed by atoms with E-state index in [0.29, 0.717) is 13.0 Å². The van der Waals surface area contributed by atoms with Crippen molar-refractivity contribution in [3.8, 4) is 0 Å². The Morgan fingerprint density at radius 2 is 1.87 bits per heavy atom. The molecular weight excluding hydrogens is 324 g/mol. The molecule has 0 unspecified atom stereocenters. The summed E-state index contributed by atoms with van der Waals surface area (Å²) in [6.07, 6.45) is 0.652. The van der Waals surface area contributed by atoms with Crippen molar-refractivity contribution in [3.05, 3.63) is 0 Å². The highest BCUT2D eigenvalue weighted by Crippen LogP contribution is 2.00. The normalized spacial score (nSPS) is 14.2. The van der Waals surface area contributed by atoms with E-state index in [1.165, 1.54) is 6.92 Å². The average Bonchev–Trinajstić information content (AvgIpc) is 2.48. The van der Waals surface area contributed by atoms with Crippen molar-refractivity contribution in [2.75, 3.05) is 12.3 Å². The molecule has 0 aliphatic rings. The van der Waals surface area contributed by atoms with Crippen LogP contribution in [0.2, 0.25) is 0 Å². The number of nitrogens with one attached hydrogen (secondary N) is 4. The van der Waals surface area contributed by atoms with Crippen LogP contribution in [0.15, 0.2) is 0 Å². The molecule has 9 N–H and O–H groups in total. The zero-order valence-electron chi connectivity index (χ0n) is 12.8. The Labute approximate surface area is 139 Å². The summed E-state index contributed by atoms with van der Waals surface area (Å²) in [5.41, 5.74) is 10.7. The Bertz CT molecular complexity index is 447. The summed E-state index contributed by atoms with van der Waals surface area (Å²) in [7, 11) is 0. The fourth-order valence-corrected chi connectivity index (χ4v) is 1.70. The Hall–Kier alpha value is -2.01. The van der Waals surface area contributed by atoms with Gasteiger partial charge in [-0.2, -0.15) is 12.6 Å². The lowest BCUT2D eigenvalue weighted by molar-refractivity contribution is -0.141. The molecule has 23 heavy (non-hydrogen) atoms. The van der Waals surface area contributed by atoms with E-state index >= 15 is 0 Å². The van der Waals surface area contributed by atoms with Crippen molar-refractivity contribution in [1.29, 1.82) is 5.41 Å². The van der Waals surface area contributed by atoms with Gasteiger partial charge in [0, 0.05) is 12.3 Å². The quantitative estimate of drug-likeness (QED) is 0.0934. The zero-order chi connectivity index (χ0) is 18.0. The smallest absolute Gasteiger partial charge is 0.325 e. The molecule has 132 valence electrons. The van der Waals surface area contributed by atoms with E-state index < -0.39 is 35.9 Å². The molecule has 0 fully saturated rings. The van der Waals surface area contributed by atoms with Gasteiger partial charge in [-0.25, -0.2) is 0 Å². The number of amides is 2. The zero-order valence-corrected chi connectivity index (χ0v) is 13.7. The molecule has 11 heteroatoms. The summed E-state index contributed by atoms with van der Waals surface area (Å²) in [4.78, 5) is 34.7. The number of hydrogen-bond donors (Lipinski definition) is 8. The third kappa shape index (κ3) is 8.88. The number of aliphatic carboxylic acids is 1. The fraction of sp³-hybridized carbons (Fsp3) is 0.667. The summed E-state index contributed by atoms with van der Waals surface area (Å²) < 4.78 is 0. The fourth-order valence-electron chi connectivity index (χ4n) is 1.54. The number of guanidine groups is 1. The maximum absolute atomic E-state index is 12.1. The summed E-state index contributed by atoms with van der Waals surface area (Å²) in [6, 6.07) is -2.90. The van der Waals surface area contributed by atoms with Crippen molar-refractivity contribution >= 4 is 36.4 Å². The van der Waals surface area contributed by atoms with Crippen LogP contribution in [-0.4, -0.2) is 59.3 Å². The van der Waals surface area contributed by atoms with Gasteiger partial charge in [0.05, 0.1) is 6.04 Å². The molecule has 0 rings (SSSR count). The van der Waals surface area contributed by atoms with E-state index in [9.17, 15) is 14.4 Å². The summed E-state index contributed by atoms with van der Waals surface area (Å²) in [6.45, 7) is 1.65. The molecule has 0 bridgehead atoms. The molecule has 0 radical (unpaired) electrons. The second-order valence-electron chi connectivity index (χ2n) is 4.90. The van der Waals surface area contributed by atoms with Crippen molar-refractivity contribution in [1.82, 2.24) is 16.0 Å². The molecule has 0 saturated carbocycles. The van der Waals surface area contributed by atoms with E-state index in [2.05, 4.69) is 28.6 Å². The lowest BCUT2D eigenvalue weighted by Crippen LogP contribution is -2.54. The Morgan fingerprint density at radius 1 is 1.26 bits per heavy atom. The van der Waals surface area contributed by atoms with Gasteiger partial charge in [-0.1, -0.05) is 0 Å². The molecule has 0 aromatic rings. The molecule has 0 aromatic heterocycles. The van der Waals surface area contributed by atoms with Gasteiger partial charge in [-0.05, 0) is 19.8 Å². The second-order valence-corrected chi connectivity index (χ2v) is 5.27. The van der Waals surface area contributed by atoms with Crippen LogP contribution in [0.5, 0.6) is 0 Å². The van der Waals surface area contributed by atoms with Gasteiger partial charge < -0.3 is 32.5 Å². The van der Waals surface area contributed by atoms with E-state index in [1.54, 1.807) is 0 Å². The molecule has 0 aromatic carbocycles. The maximum Gasteiger partial charge on any atom is 0.325 e. The molecule has 0 spiro atoms. The molecule has 0 aliphatic carbocycles. The molecular formula is C12H24N6O4S. The van der Waals surface area contributed by atoms with Crippen LogP contribution < -0.4 is 27.4 Å². The summed E-state index contributed by atoms with van der Waals surface area (Å²) in [5.74, 6) is -2.46. The van der Waals surface area contributed by atoms with E-state index in [0.717, 1.165) is 0 Å². The van der Waals surface area contributed by atoms with Gasteiger partial charge in [0.2, 0.25) is 11.8 Å². The monoisotopic (exact) mass is 348 g/mol. The van der Waals surface area contributed by atoms with E-state index in [-0.39, 0.29) is 18.1 Å². The predicted molar refractivity (Wildman–Crippen MR) is 88.2 cm³/mol. The molecule has 0 aliphatic heterocycles. The highest BCUT2D eigenvalue weighted by molar-refractivity contribution is 7.80. The van der Waals surface area contributed by atoms with E-state index in [1.807, 2.05) is 0 Å². The third-order valence-corrected chi connectivity index (χ3v) is 3.27. The van der Waals surface area contributed by atoms with Crippen LogP contribution >= 0.6 is 12.6 Å². The number of hydrogen-bond acceptors (Lipinski definition) is 6. The van der Waals surface area contributed by atoms with Gasteiger partial charge in [0.15, 0.2) is 5.96 Å². The van der Waals surface area contributed by atoms with Crippen LogP contribution in [-0.2, 0) is 14.4 Å². The van der Waals surface area contributed by atoms with Gasteiger partial charge in [0.25, 0.3) is 0 Å². The third-order valence-electron chi connectivity index (χ3n) is 2.88. The van der Waals surface area contributed by atoms with Crippen molar-refractivity contribution in [3.63, 3.8) is 0 Å². The minimum absolute atomic E-state index is 0.109. The number of rotatable bonds is 10. The van der Waals surface area contributed by atoms with Crippen LogP contribution in [0.1, 0.15) is 19.8 Å². The molecule has 10 nitrogen and oxygen atoms in total. The van der Waals surface area contributed by atoms with Gasteiger partial charge in [0.1, 0.15) is 12.1 Å². The van der Waals surface area contributed by atoms with Crippen molar-refractivity contribution in [2.45, 2.75) is 37.9 Å². The highest BCUT2D eigenvalue weighted by atomic mass is 32.1. The van der Waals surface area contributed by atoms with Gasteiger partial charge in [-0.15, -0.1) is 0 Å². The molecule has 0 heterocycles. The Kier molecular flexibility index (Phi) is 9.74. The van der Waals surface area contributed by atoms with Crippen LogP contribution in [0.25, 0.3) is 0 Å². The first-order chi connectivity index (χ1) is 10.7. The standard InChI is InChI=1S/C12H24N6O4S/c1-6(11(21)22)17-10(20)8(3-2-4-16-12(14)15)18-9(19)7(13)5-23/h6-8,23H,2-5,13H2,1H3,(H,17,20)(H,18,19)(H,21,22)(H4,14,15,16)/t6-,7-,8-/m0/s1. The number of carboxylic acid groups (broad SMARTS) is 1. The highest BCUT2D eigenvalue weighted by Gasteiger charge is 2.25.